The van der Waals surface area contributed by atoms with Crippen LogP contribution in [0.1, 0.15) is 29.2 Å². The Morgan fingerprint density at radius 3 is 2.29 bits per heavy atom. The Hall–Kier alpha value is -1.35. The van der Waals surface area contributed by atoms with Crippen molar-refractivity contribution in [2.24, 2.45) is 0 Å². The van der Waals surface area contributed by atoms with Gasteiger partial charge in [-0.05, 0) is 13.8 Å². The SMILES string of the molecule is Cc1cc(C)cc([C@H]([NH3+])CC(=O)[O-])c1. The normalized spacial score (nSPS) is 12.5. The maximum atomic E-state index is 10.4. The first-order valence-electron chi connectivity index (χ1n) is 4.60. The van der Waals surface area contributed by atoms with Crippen molar-refractivity contribution in [3.8, 4) is 0 Å². The van der Waals surface area contributed by atoms with Gasteiger partial charge in [0.1, 0.15) is 6.04 Å². The first kappa shape index (κ1) is 10.7. The molecular formula is C11H15NO2. The number of carboxylic acid groups (broad SMARTS) is 1. The van der Waals surface area contributed by atoms with Crippen LogP contribution in [-0.4, -0.2) is 5.97 Å². The second-order valence-corrected chi connectivity index (χ2v) is 3.69. The predicted molar refractivity (Wildman–Crippen MR) is 51.2 cm³/mol. The summed E-state index contributed by atoms with van der Waals surface area (Å²) in [6, 6.07) is 5.76. The topological polar surface area (TPSA) is 67.8 Å². The van der Waals surface area contributed by atoms with E-state index >= 15 is 0 Å². The molecule has 0 bridgehead atoms. The van der Waals surface area contributed by atoms with E-state index in [1.54, 1.807) is 0 Å². The molecule has 0 aliphatic heterocycles. The summed E-state index contributed by atoms with van der Waals surface area (Å²) in [5.41, 5.74) is 7.04. The summed E-state index contributed by atoms with van der Waals surface area (Å²) in [4.78, 5) is 10.4. The molecule has 1 aromatic carbocycles. The second kappa shape index (κ2) is 4.24. The molecule has 0 saturated carbocycles. The highest BCUT2D eigenvalue weighted by molar-refractivity contribution is 5.65. The van der Waals surface area contributed by atoms with Gasteiger partial charge in [0.25, 0.3) is 0 Å². The van der Waals surface area contributed by atoms with Crippen LogP contribution in [0, 0.1) is 13.8 Å². The maximum absolute atomic E-state index is 10.4. The van der Waals surface area contributed by atoms with Gasteiger partial charge in [-0.25, -0.2) is 0 Å². The summed E-state index contributed by atoms with van der Waals surface area (Å²) in [5, 5.41) is 10.4. The standard InChI is InChI=1S/C11H15NO2/c1-7-3-8(2)5-9(4-7)10(12)6-11(13)14/h3-5,10H,6,12H2,1-2H3,(H,13,14)/t10-/m1/s1. The minimum Gasteiger partial charge on any atom is -0.550 e. The third kappa shape index (κ3) is 2.85. The minimum absolute atomic E-state index is 0.0249. The van der Waals surface area contributed by atoms with Crippen LogP contribution in [0.15, 0.2) is 18.2 Å². The lowest BCUT2D eigenvalue weighted by molar-refractivity contribution is -0.430. The zero-order valence-corrected chi connectivity index (χ0v) is 8.54. The highest BCUT2D eigenvalue weighted by atomic mass is 16.4. The van der Waals surface area contributed by atoms with Gasteiger partial charge in [-0.1, -0.05) is 29.3 Å². The van der Waals surface area contributed by atoms with E-state index < -0.39 is 5.97 Å². The first-order valence-corrected chi connectivity index (χ1v) is 4.60. The largest absolute Gasteiger partial charge is 0.550 e. The molecule has 1 rings (SSSR count). The third-order valence-electron chi connectivity index (χ3n) is 2.13. The Kier molecular flexibility index (Phi) is 3.25. The summed E-state index contributed by atoms with van der Waals surface area (Å²) in [6.07, 6.45) is -0.0249. The Morgan fingerprint density at radius 1 is 1.36 bits per heavy atom. The van der Waals surface area contributed by atoms with Crippen LogP contribution in [0.25, 0.3) is 0 Å². The summed E-state index contributed by atoms with van der Waals surface area (Å²) in [7, 11) is 0. The van der Waals surface area contributed by atoms with Crippen LogP contribution < -0.4 is 10.8 Å². The number of carbonyl (C=O) groups excluding carboxylic acids is 1. The number of carboxylic acids is 1. The fourth-order valence-electron chi connectivity index (χ4n) is 1.56. The number of quaternary nitrogens is 1. The number of rotatable bonds is 3. The third-order valence-corrected chi connectivity index (χ3v) is 2.13. The average Bonchev–Trinajstić information content (AvgIpc) is 2.00. The molecule has 0 aliphatic carbocycles. The molecule has 3 N–H and O–H groups in total. The molecule has 76 valence electrons. The zero-order valence-electron chi connectivity index (χ0n) is 8.54. The van der Waals surface area contributed by atoms with E-state index in [9.17, 15) is 9.90 Å². The van der Waals surface area contributed by atoms with Crippen LogP contribution in [0.3, 0.4) is 0 Å². The number of aryl methyl sites for hydroxylation is 2. The molecule has 0 fully saturated rings. The van der Waals surface area contributed by atoms with E-state index in [2.05, 4.69) is 11.8 Å². The Morgan fingerprint density at radius 2 is 1.86 bits per heavy atom. The van der Waals surface area contributed by atoms with E-state index in [0.717, 1.165) is 16.7 Å². The van der Waals surface area contributed by atoms with Gasteiger partial charge in [0.2, 0.25) is 0 Å². The van der Waals surface area contributed by atoms with Gasteiger partial charge in [-0.2, -0.15) is 0 Å². The summed E-state index contributed by atoms with van der Waals surface area (Å²) in [5.74, 6) is -1.05. The van der Waals surface area contributed by atoms with E-state index in [-0.39, 0.29) is 12.5 Å². The molecule has 0 amide bonds. The summed E-state index contributed by atoms with van der Waals surface area (Å²) < 4.78 is 0. The lowest BCUT2D eigenvalue weighted by atomic mass is 10.00. The van der Waals surface area contributed by atoms with Gasteiger partial charge in [-0.3, -0.25) is 0 Å². The van der Waals surface area contributed by atoms with Gasteiger partial charge in [0, 0.05) is 18.0 Å². The van der Waals surface area contributed by atoms with Crippen molar-refractivity contribution >= 4 is 5.97 Å². The second-order valence-electron chi connectivity index (χ2n) is 3.69. The van der Waals surface area contributed by atoms with Crippen molar-refractivity contribution in [1.82, 2.24) is 0 Å². The Bertz CT molecular complexity index is 327. The molecule has 3 nitrogen and oxygen atoms in total. The molecule has 3 heteroatoms. The smallest absolute Gasteiger partial charge is 0.115 e. The predicted octanol–water partition coefficient (Wildman–Crippen LogP) is -0.274. The van der Waals surface area contributed by atoms with Crippen LogP contribution in [0.4, 0.5) is 0 Å². The van der Waals surface area contributed by atoms with Crippen LogP contribution in [0.5, 0.6) is 0 Å². The molecule has 0 aromatic heterocycles. The average molecular weight is 193 g/mol. The molecular weight excluding hydrogens is 178 g/mol. The van der Waals surface area contributed by atoms with Crippen molar-refractivity contribution in [2.45, 2.75) is 26.3 Å². The lowest BCUT2D eigenvalue weighted by Gasteiger charge is -2.11. The summed E-state index contributed by atoms with van der Waals surface area (Å²) >= 11 is 0. The molecule has 0 radical (unpaired) electrons. The molecule has 0 heterocycles. The monoisotopic (exact) mass is 193 g/mol. The molecule has 0 saturated heterocycles. The van der Waals surface area contributed by atoms with Gasteiger partial charge >= 0.3 is 0 Å². The van der Waals surface area contributed by atoms with Crippen molar-refractivity contribution in [3.05, 3.63) is 34.9 Å². The van der Waals surface area contributed by atoms with Crippen molar-refractivity contribution in [3.63, 3.8) is 0 Å². The maximum Gasteiger partial charge on any atom is 0.115 e. The molecule has 14 heavy (non-hydrogen) atoms. The number of hydrogen-bond acceptors (Lipinski definition) is 2. The van der Waals surface area contributed by atoms with Crippen molar-refractivity contribution < 1.29 is 15.6 Å². The highest BCUT2D eigenvalue weighted by Crippen LogP contribution is 2.15. The van der Waals surface area contributed by atoms with Gasteiger partial charge in [0.05, 0.1) is 0 Å². The number of hydrogen-bond donors (Lipinski definition) is 1. The number of aliphatic carboxylic acids is 1. The minimum atomic E-state index is -1.05. The zero-order chi connectivity index (χ0) is 10.7. The van der Waals surface area contributed by atoms with Crippen LogP contribution in [0.2, 0.25) is 0 Å². The Balaban J connectivity index is 2.89. The fourth-order valence-corrected chi connectivity index (χ4v) is 1.56. The fraction of sp³-hybridized carbons (Fsp3) is 0.364. The van der Waals surface area contributed by atoms with Gasteiger partial charge in [0.15, 0.2) is 0 Å². The molecule has 0 unspecified atom stereocenters. The molecule has 1 atom stereocenters. The Labute approximate surface area is 83.6 Å². The molecule has 1 aromatic rings. The quantitative estimate of drug-likeness (QED) is 0.717. The summed E-state index contributed by atoms with van der Waals surface area (Å²) in [6.45, 7) is 3.98. The number of carbonyl (C=O) groups is 1. The van der Waals surface area contributed by atoms with E-state index in [1.165, 1.54) is 0 Å². The van der Waals surface area contributed by atoms with Crippen molar-refractivity contribution in [1.29, 1.82) is 0 Å². The van der Waals surface area contributed by atoms with Crippen molar-refractivity contribution in [2.75, 3.05) is 0 Å². The van der Waals surface area contributed by atoms with Gasteiger partial charge in [-0.15, -0.1) is 0 Å². The number of benzene rings is 1. The van der Waals surface area contributed by atoms with E-state index in [1.807, 2.05) is 26.0 Å². The lowest BCUT2D eigenvalue weighted by Crippen LogP contribution is -2.55. The molecule has 0 aliphatic rings. The van der Waals surface area contributed by atoms with E-state index in [4.69, 9.17) is 0 Å². The van der Waals surface area contributed by atoms with Crippen LogP contribution >= 0.6 is 0 Å². The molecule has 0 spiro atoms. The van der Waals surface area contributed by atoms with Gasteiger partial charge < -0.3 is 15.6 Å². The highest BCUT2D eigenvalue weighted by Gasteiger charge is 2.10. The first-order chi connectivity index (χ1) is 6.49. The van der Waals surface area contributed by atoms with E-state index in [0.29, 0.717) is 0 Å². The van der Waals surface area contributed by atoms with Crippen LogP contribution in [-0.2, 0) is 4.79 Å².